The van der Waals surface area contributed by atoms with Crippen LogP contribution in [0.2, 0.25) is 0 Å². The van der Waals surface area contributed by atoms with Gasteiger partial charge in [-0.2, -0.15) is 0 Å². The summed E-state index contributed by atoms with van der Waals surface area (Å²) in [5.74, 6) is 1.50. The Labute approximate surface area is 378 Å². The van der Waals surface area contributed by atoms with Gasteiger partial charge in [0.25, 0.3) is 0 Å². The van der Waals surface area contributed by atoms with Crippen molar-refractivity contribution in [3.8, 4) is 33.5 Å². The molecule has 65 heavy (non-hydrogen) atoms. The molecule has 6 atom stereocenters. The molecule has 0 unspecified atom stereocenters. The van der Waals surface area contributed by atoms with E-state index in [4.69, 9.17) is 19.4 Å². The summed E-state index contributed by atoms with van der Waals surface area (Å²) < 4.78 is 9.73. The molecule has 14 nitrogen and oxygen atoms in total. The first-order valence-electron chi connectivity index (χ1n) is 23.5. The first-order valence-corrected chi connectivity index (χ1v) is 23.5. The second-order valence-electron chi connectivity index (χ2n) is 20.5. The lowest BCUT2D eigenvalue weighted by Gasteiger charge is -2.37. The lowest BCUT2D eigenvalue weighted by Crippen LogP contribution is -2.54. The number of H-pyrrole nitrogens is 2. The Kier molecular flexibility index (Phi) is 9.71. The van der Waals surface area contributed by atoms with Gasteiger partial charge in [-0.3, -0.25) is 9.59 Å². The van der Waals surface area contributed by atoms with Crippen molar-refractivity contribution in [3.05, 3.63) is 83.6 Å². The summed E-state index contributed by atoms with van der Waals surface area (Å²) in [5, 5.41) is 5.57. The van der Waals surface area contributed by atoms with Crippen LogP contribution in [0.25, 0.3) is 44.5 Å². The minimum atomic E-state index is -0.687. The summed E-state index contributed by atoms with van der Waals surface area (Å²) in [5.41, 5.74) is 11.4. The number of hydrogen-bond acceptors (Lipinski definition) is 8. The molecule has 11 rings (SSSR count). The van der Waals surface area contributed by atoms with E-state index in [9.17, 15) is 19.2 Å². The number of likely N-dealkylation sites (tertiary alicyclic amines) is 2. The maximum absolute atomic E-state index is 14.1. The van der Waals surface area contributed by atoms with Crippen molar-refractivity contribution in [2.45, 2.75) is 115 Å². The van der Waals surface area contributed by atoms with Crippen LogP contribution < -0.4 is 10.6 Å². The van der Waals surface area contributed by atoms with Gasteiger partial charge in [-0.15, -0.1) is 0 Å². The molecule has 5 fully saturated rings. The summed E-state index contributed by atoms with van der Waals surface area (Å²) >= 11 is 0. The number of methoxy groups -OCH3 is 2. The predicted molar refractivity (Wildman–Crippen MR) is 244 cm³/mol. The molecule has 3 saturated carbocycles. The maximum atomic E-state index is 14.1. The number of aromatic amines is 2. The lowest BCUT2D eigenvalue weighted by atomic mass is 9.90. The Bertz CT molecular complexity index is 2760. The second-order valence-corrected chi connectivity index (χ2v) is 20.5. The van der Waals surface area contributed by atoms with E-state index < -0.39 is 24.3 Å². The number of piperidine rings is 1. The molecule has 3 aromatic carbocycles. The van der Waals surface area contributed by atoms with Crippen LogP contribution in [-0.4, -0.2) is 92.6 Å². The van der Waals surface area contributed by atoms with E-state index in [2.05, 4.69) is 75.2 Å². The minimum Gasteiger partial charge on any atom is -0.453 e. The van der Waals surface area contributed by atoms with Gasteiger partial charge in [-0.25, -0.2) is 19.6 Å². The smallest absolute Gasteiger partial charge is 0.407 e. The number of amides is 4. The second kappa shape index (κ2) is 15.2. The van der Waals surface area contributed by atoms with Crippen LogP contribution in [0, 0.1) is 23.2 Å². The SMILES string of the molecule is COC(=O)N[C@H](C(=O)N1CC2(CC2)C[C@H]1c1ncc(-c2ccc3c(c2)C2(CC2)c2cc(-c4ccc5nc([C@@H]6[C@H]7CC[C@H](C7)N6C(=O)[C@@H](NC(=O)OC)C(C)C)[nH]c5c4)ccc2-3)[nH]1)C(C)C. The average Bonchev–Trinajstić information content (AvgIpc) is 3.74. The Hall–Kier alpha value is -6.18. The molecule has 2 bridgehead atoms. The Morgan fingerprint density at radius 2 is 1.38 bits per heavy atom. The molecule has 2 aromatic heterocycles. The topological polar surface area (TPSA) is 175 Å². The molecule has 0 radical (unpaired) electrons. The number of nitrogens with one attached hydrogen (secondary N) is 4. The van der Waals surface area contributed by atoms with E-state index in [1.165, 1.54) is 36.5 Å². The maximum Gasteiger partial charge on any atom is 0.407 e. The van der Waals surface area contributed by atoms with Crippen molar-refractivity contribution in [1.82, 2.24) is 40.4 Å². The normalized spacial score (nSPS) is 23.6. The number of benzene rings is 3. The number of carbonyl (C=O) groups is 4. The average molecular weight is 879 g/mol. The van der Waals surface area contributed by atoms with Crippen molar-refractivity contribution >= 4 is 35.0 Å². The Balaban J connectivity index is 0.845. The van der Waals surface area contributed by atoms with E-state index in [0.29, 0.717) is 12.5 Å². The molecule has 338 valence electrons. The zero-order valence-electron chi connectivity index (χ0n) is 38.0. The van der Waals surface area contributed by atoms with Gasteiger partial charge in [0.05, 0.1) is 49.2 Å². The highest BCUT2D eigenvalue weighted by Crippen LogP contribution is 2.64. The highest BCUT2D eigenvalue weighted by Gasteiger charge is 2.56. The number of carbonyl (C=O) groups excluding carboxylic acids is 4. The molecule has 4 aliphatic carbocycles. The molecule has 2 saturated heterocycles. The van der Waals surface area contributed by atoms with Crippen molar-refractivity contribution in [2.75, 3.05) is 20.8 Å². The van der Waals surface area contributed by atoms with Gasteiger partial charge in [0, 0.05) is 18.0 Å². The molecule has 2 aliphatic heterocycles. The summed E-state index contributed by atoms with van der Waals surface area (Å²) in [6, 6.07) is 18.4. The third-order valence-electron chi connectivity index (χ3n) is 15.8. The van der Waals surface area contributed by atoms with E-state index >= 15 is 0 Å². The third-order valence-corrected chi connectivity index (χ3v) is 15.8. The molecule has 4 amide bonds. The largest absolute Gasteiger partial charge is 0.453 e. The number of hydrogen-bond donors (Lipinski definition) is 4. The van der Waals surface area contributed by atoms with Crippen LogP contribution in [0.15, 0.2) is 60.8 Å². The van der Waals surface area contributed by atoms with Crippen molar-refractivity contribution in [3.63, 3.8) is 0 Å². The number of alkyl carbamates (subject to hydrolysis) is 2. The van der Waals surface area contributed by atoms with E-state index in [1.807, 2.05) is 43.7 Å². The molecule has 5 aromatic rings. The molecular formula is C51H58N8O6. The van der Waals surface area contributed by atoms with E-state index in [1.54, 1.807) is 0 Å². The summed E-state index contributed by atoms with van der Waals surface area (Å²) in [6.07, 6.45) is 8.83. The van der Waals surface area contributed by atoms with Crippen LogP contribution in [0.5, 0.6) is 0 Å². The van der Waals surface area contributed by atoms with Crippen LogP contribution >= 0.6 is 0 Å². The van der Waals surface area contributed by atoms with Crippen molar-refractivity contribution < 1.29 is 28.7 Å². The summed E-state index contributed by atoms with van der Waals surface area (Å²) in [7, 11) is 2.63. The molecule has 2 spiro atoms. The van der Waals surface area contributed by atoms with E-state index in [0.717, 1.165) is 96.4 Å². The first-order chi connectivity index (χ1) is 31.3. The molecular weight excluding hydrogens is 821 g/mol. The number of ether oxygens (including phenoxy) is 2. The van der Waals surface area contributed by atoms with E-state index in [-0.39, 0.29) is 52.6 Å². The van der Waals surface area contributed by atoms with Crippen LogP contribution in [-0.2, 0) is 24.5 Å². The zero-order valence-corrected chi connectivity index (χ0v) is 38.0. The van der Waals surface area contributed by atoms with Crippen LogP contribution in [0.3, 0.4) is 0 Å². The summed E-state index contributed by atoms with van der Waals surface area (Å²) in [4.78, 5) is 73.8. The quantitative estimate of drug-likeness (QED) is 0.108. The molecule has 6 aliphatic rings. The first kappa shape index (κ1) is 41.5. The molecule has 4 N–H and O–H groups in total. The third kappa shape index (κ3) is 6.80. The monoisotopic (exact) mass is 878 g/mol. The van der Waals surface area contributed by atoms with Gasteiger partial charge in [-0.05, 0) is 138 Å². The molecule has 14 heteroatoms. The number of imidazole rings is 2. The number of nitrogens with zero attached hydrogens (tertiary/aromatic N) is 4. The van der Waals surface area contributed by atoms with Gasteiger partial charge < -0.3 is 39.9 Å². The molecule has 4 heterocycles. The van der Waals surface area contributed by atoms with Gasteiger partial charge in [0.15, 0.2) is 0 Å². The van der Waals surface area contributed by atoms with Crippen molar-refractivity contribution in [1.29, 1.82) is 0 Å². The van der Waals surface area contributed by atoms with Crippen LogP contribution in [0.1, 0.15) is 114 Å². The zero-order chi connectivity index (χ0) is 45.1. The number of aromatic nitrogens is 4. The Morgan fingerprint density at radius 3 is 2.03 bits per heavy atom. The standard InChI is InChI=1S/C51H58N8O6/c1-26(2)41(56-48(62)64-5)46(60)58-25-50(15-16-50)23-40(58)44-52-24-39(55-44)30-9-13-34-33-12-8-28(20-35(33)51(17-18-51)36(34)21-30)29-10-14-37-38(22-29)54-45(53-37)43-31-7-11-32(19-31)59(43)47(61)42(27(3)4)57-49(63)65-6/h8-10,12-14,20-22,24,26-27,31-32,40-43H,7,11,15-19,23,25H2,1-6H3,(H,52,55)(H,53,54)(H,56,62)(H,57,63)/t31-,32+,40-,41-,42-,43-/m0/s1. The number of fused-ring (bicyclic) bond motifs is 8. The highest BCUT2D eigenvalue weighted by atomic mass is 16.5. The van der Waals surface area contributed by atoms with Gasteiger partial charge in [-0.1, -0.05) is 58.0 Å². The summed E-state index contributed by atoms with van der Waals surface area (Å²) in [6.45, 7) is 8.43. The van der Waals surface area contributed by atoms with Crippen LogP contribution in [0.4, 0.5) is 9.59 Å². The fourth-order valence-electron chi connectivity index (χ4n) is 12.0. The van der Waals surface area contributed by atoms with Crippen molar-refractivity contribution in [2.24, 2.45) is 23.2 Å². The number of rotatable bonds is 10. The van der Waals surface area contributed by atoms with Gasteiger partial charge in [0.2, 0.25) is 11.8 Å². The van der Waals surface area contributed by atoms with Gasteiger partial charge >= 0.3 is 12.2 Å². The minimum absolute atomic E-state index is 0.0370. The van der Waals surface area contributed by atoms with Gasteiger partial charge in [0.1, 0.15) is 23.7 Å². The lowest BCUT2D eigenvalue weighted by molar-refractivity contribution is -0.139. The fraction of sp³-hybridized carbons (Fsp3) is 0.490. The predicted octanol–water partition coefficient (Wildman–Crippen LogP) is 8.55. The highest BCUT2D eigenvalue weighted by molar-refractivity contribution is 5.90. The fourth-order valence-corrected chi connectivity index (χ4v) is 12.0. The Morgan fingerprint density at radius 1 is 0.754 bits per heavy atom.